The quantitative estimate of drug-likeness (QED) is 0.689. The van der Waals surface area contributed by atoms with Crippen LogP contribution in [0.25, 0.3) is 0 Å². The summed E-state index contributed by atoms with van der Waals surface area (Å²) in [5, 5.41) is 0. The second-order valence-corrected chi connectivity index (χ2v) is 5.53. The highest BCUT2D eigenvalue weighted by molar-refractivity contribution is 5.82. The summed E-state index contributed by atoms with van der Waals surface area (Å²) in [4.78, 5) is 23.5. The van der Waals surface area contributed by atoms with Gasteiger partial charge in [0.2, 0.25) is 5.91 Å². The van der Waals surface area contributed by atoms with Crippen molar-refractivity contribution in [1.82, 2.24) is 10.9 Å². The third-order valence-corrected chi connectivity index (χ3v) is 3.61. The standard InChI is InChI=1S/C19H21FN2O5/c1-25-16-9-3-13(11-17(16)26-2)4-10-18(23)21-22-19(24)12-27-15-7-5-14(20)6-8-15/h3,5-9,11H,4,10,12H2,1-2H3,(H,21,23)(H,22,24). The van der Waals surface area contributed by atoms with Crippen molar-refractivity contribution in [2.75, 3.05) is 20.8 Å². The van der Waals surface area contributed by atoms with Crippen LogP contribution in [-0.4, -0.2) is 32.6 Å². The Hall–Kier alpha value is -3.29. The van der Waals surface area contributed by atoms with E-state index in [1.54, 1.807) is 19.2 Å². The van der Waals surface area contributed by atoms with E-state index in [-0.39, 0.29) is 18.9 Å². The van der Waals surface area contributed by atoms with Gasteiger partial charge >= 0.3 is 0 Å². The number of nitrogens with one attached hydrogen (secondary N) is 2. The monoisotopic (exact) mass is 376 g/mol. The van der Waals surface area contributed by atoms with Crippen LogP contribution >= 0.6 is 0 Å². The van der Waals surface area contributed by atoms with Crippen LogP contribution in [0.3, 0.4) is 0 Å². The number of hydrogen-bond donors (Lipinski definition) is 2. The second-order valence-electron chi connectivity index (χ2n) is 5.53. The molecule has 8 heteroatoms. The summed E-state index contributed by atoms with van der Waals surface area (Å²) in [7, 11) is 3.09. The lowest BCUT2D eigenvalue weighted by Gasteiger charge is -2.10. The van der Waals surface area contributed by atoms with Crippen molar-refractivity contribution in [3.8, 4) is 17.2 Å². The molecular formula is C19H21FN2O5. The fourth-order valence-corrected chi connectivity index (χ4v) is 2.21. The number of amides is 2. The lowest BCUT2D eigenvalue weighted by atomic mass is 10.1. The minimum Gasteiger partial charge on any atom is -0.493 e. The predicted octanol–water partition coefficient (Wildman–Crippen LogP) is 2.00. The summed E-state index contributed by atoms with van der Waals surface area (Å²) in [6.07, 6.45) is 0.642. The van der Waals surface area contributed by atoms with Crippen LogP contribution < -0.4 is 25.1 Å². The minimum atomic E-state index is -0.529. The van der Waals surface area contributed by atoms with Crippen molar-refractivity contribution in [3.05, 3.63) is 53.8 Å². The highest BCUT2D eigenvalue weighted by atomic mass is 19.1. The van der Waals surface area contributed by atoms with Crippen molar-refractivity contribution >= 4 is 11.8 Å². The van der Waals surface area contributed by atoms with Crippen LogP contribution in [-0.2, 0) is 16.0 Å². The van der Waals surface area contributed by atoms with Crippen LogP contribution in [0.2, 0.25) is 0 Å². The molecule has 144 valence electrons. The fourth-order valence-electron chi connectivity index (χ4n) is 2.21. The molecule has 0 heterocycles. The average molecular weight is 376 g/mol. The predicted molar refractivity (Wildman–Crippen MR) is 96.0 cm³/mol. The highest BCUT2D eigenvalue weighted by Gasteiger charge is 2.08. The molecule has 7 nitrogen and oxygen atoms in total. The Bertz CT molecular complexity index is 780. The van der Waals surface area contributed by atoms with Gasteiger partial charge in [-0.1, -0.05) is 6.07 Å². The first kappa shape index (κ1) is 20.0. The van der Waals surface area contributed by atoms with Crippen molar-refractivity contribution < 1.29 is 28.2 Å². The number of benzene rings is 2. The fraction of sp³-hybridized carbons (Fsp3) is 0.263. The molecule has 0 aliphatic carbocycles. The summed E-state index contributed by atoms with van der Waals surface area (Å²) in [6, 6.07) is 10.7. The first-order valence-corrected chi connectivity index (χ1v) is 8.18. The molecule has 0 atom stereocenters. The zero-order valence-corrected chi connectivity index (χ0v) is 15.1. The SMILES string of the molecule is COc1ccc(CCC(=O)NNC(=O)COc2ccc(F)cc2)cc1OC. The number of methoxy groups -OCH3 is 2. The maximum atomic E-state index is 12.8. The Labute approximate surface area is 156 Å². The second kappa shape index (κ2) is 10.0. The average Bonchev–Trinajstić information content (AvgIpc) is 2.69. The molecule has 2 aromatic rings. The number of ether oxygens (including phenoxy) is 3. The molecule has 0 aromatic heterocycles. The van der Waals surface area contributed by atoms with Gasteiger partial charge in [-0.2, -0.15) is 0 Å². The summed E-state index contributed by atoms with van der Waals surface area (Å²) in [5.74, 6) is 0.277. The van der Waals surface area contributed by atoms with Gasteiger partial charge in [-0.05, 0) is 48.4 Å². The number of carbonyl (C=O) groups excluding carboxylic acids is 2. The maximum Gasteiger partial charge on any atom is 0.276 e. The molecule has 2 rings (SSSR count). The van der Waals surface area contributed by atoms with Crippen LogP contribution in [0.1, 0.15) is 12.0 Å². The molecule has 0 radical (unpaired) electrons. The first-order chi connectivity index (χ1) is 13.0. The molecule has 0 saturated heterocycles. The zero-order valence-electron chi connectivity index (χ0n) is 15.1. The van der Waals surface area contributed by atoms with Crippen molar-refractivity contribution in [2.24, 2.45) is 0 Å². The van der Waals surface area contributed by atoms with Gasteiger partial charge in [-0.15, -0.1) is 0 Å². The molecule has 27 heavy (non-hydrogen) atoms. The van der Waals surface area contributed by atoms with Gasteiger partial charge in [0.05, 0.1) is 14.2 Å². The zero-order chi connectivity index (χ0) is 19.6. The summed E-state index contributed by atoms with van der Waals surface area (Å²) in [6.45, 7) is -0.304. The summed E-state index contributed by atoms with van der Waals surface area (Å²) >= 11 is 0. The van der Waals surface area contributed by atoms with E-state index in [0.29, 0.717) is 23.7 Å². The van der Waals surface area contributed by atoms with Crippen LogP contribution in [0.5, 0.6) is 17.2 Å². The van der Waals surface area contributed by atoms with E-state index < -0.39 is 11.7 Å². The van der Waals surface area contributed by atoms with Gasteiger partial charge in [-0.25, -0.2) is 4.39 Å². The van der Waals surface area contributed by atoms with Crippen LogP contribution in [0.15, 0.2) is 42.5 Å². The lowest BCUT2D eigenvalue weighted by Crippen LogP contribution is -2.43. The van der Waals surface area contributed by atoms with E-state index >= 15 is 0 Å². The van der Waals surface area contributed by atoms with Gasteiger partial charge in [0.25, 0.3) is 5.91 Å². The van der Waals surface area contributed by atoms with Crippen LogP contribution in [0, 0.1) is 5.82 Å². The summed E-state index contributed by atoms with van der Waals surface area (Å²) in [5.41, 5.74) is 5.47. The third kappa shape index (κ3) is 6.50. The van der Waals surface area contributed by atoms with Crippen molar-refractivity contribution in [3.63, 3.8) is 0 Å². The molecule has 0 aliphatic rings. The molecule has 2 aromatic carbocycles. The Morgan fingerprint density at radius 3 is 2.26 bits per heavy atom. The molecule has 0 unspecified atom stereocenters. The van der Waals surface area contributed by atoms with Crippen molar-refractivity contribution in [1.29, 1.82) is 0 Å². The van der Waals surface area contributed by atoms with Crippen molar-refractivity contribution in [2.45, 2.75) is 12.8 Å². The molecule has 0 aliphatic heterocycles. The van der Waals surface area contributed by atoms with E-state index in [4.69, 9.17) is 14.2 Å². The van der Waals surface area contributed by atoms with E-state index in [9.17, 15) is 14.0 Å². The molecule has 0 spiro atoms. The number of aryl methyl sites for hydroxylation is 1. The molecule has 2 N–H and O–H groups in total. The molecule has 0 bridgehead atoms. The minimum absolute atomic E-state index is 0.175. The van der Waals surface area contributed by atoms with Gasteiger partial charge in [-0.3, -0.25) is 20.4 Å². The van der Waals surface area contributed by atoms with E-state index in [1.807, 2.05) is 6.07 Å². The number of hydrogen-bond acceptors (Lipinski definition) is 5. The third-order valence-electron chi connectivity index (χ3n) is 3.61. The van der Waals surface area contributed by atoms with E-state index in [0.717, 1.165) is 5.56 Å². The highest BCUT2D eigenvalue weighted by Crippen LogP contribution is 2.27. The van der Waals surface area contributed by atoms with Gasteiger partial charge in [0, 0.05) is 6.42 Å². The maximum absolute atomic E-state index is 12.8. The number of hydrazine groups is 1. The van der Waals surface area contributed by atoms with E-state index in [1.165, 1.54) is 31.4 Å². The smallest absolute Gasteiger partial charge is 0.276 e. The molecule has 2 amide bonds. The molecular weight excluding hydrogens is 355 g/mol. The molecule has 0 fully saturated rings. The Morgan fingerprint density at radius 1 is 0.926 bits per heavy atom. The Balaban J connectivity index is 1.71. The number of halogens is 1. The van der Waals surface area contributed by atoms with Gasteiger partial charge < -0.3 is 14.2 Å². The number of carbonyl (C=O) groups is 2. The number of rotatable bonds is 8. The normalized spacial score (nSPS) is 10.0. The Kier molecular flexibility index (Phi) is 7.42. The molecule has 0 saturated carbocycles. The van der Waals surface area contributed by atoms with Crippen LogP contribution in [0.4, 0.5) is 4.39 Å². The van der Waals surface area contributed by atoms with E-state index in [2.05, 4.69) is 10.9 Å². The lowest BCUT2D eigenvalue weighted by molar-refractivity contribution is -0.130. The van der Waals surface area contributed by atoms with Gasteiger partial charge in [0.15, 0.2) is 18.1 Å². The first-order valence-electron chi connectivity index (χ1n) is 8.18. The van der Waals surface area contributed by atoms with Gasteiger partial charge in [0.1, 0.15) is 11.6 Å². The summed E-state index contributed by atoms with van der Waals surface area (Å²) < 4.78 is 28.3. The Morgan fingerprint density at radius 2 is 1.59 bits per heavy atom. The topological polar surface area (TPSA) is 85.9 Å². The largest absolute Gasteiger partial charge is 0.493 e.